The highest BCUT2D eigenvalue weighted by Crippen LogP contribution is 2.48. The van der Waals surface area contributed by atoms with Crippen LogP contribution in [0.15, 0.2) is 48.5 Å². The van der Waals surface area contributed by atoms with Gasteiger partial charge in [0.1, 0.15) is 0 Å². The number of hydrogen-bond acceptors (Lipinski definition) is 4. The summed E-state index contributed by atoms with van der Waals surface area (Å²) in [5, 5.41) is 3.14. The summed E-state index contributed by atoms with van der Waals surface area (Å²) in [4.78, 5) is 26.0. The lowest BCUT2D eigenvalue weighted by molar-refractivity contribution is -0.122. The Morgan fingerprint density at radius 3 is 2.32 bits per heavy atom. The SMILES string of the molecule is COc1cc2c(cc1OC)[C@@H](NC(=O)CCCCl)C(C)(C)C=C2C(=O)c1ccccc1. The quantitative estimate of drug-likeness (QED) is 0.452. The van der Waals surface area contributed by atoms with E-state index in [1.807, 2.05) is 50.3 Å². The molecule has 3 rings (SSSR count). The van der Waals surface area contributed by atoms with Crippen LogP contribution in [0, 0.1) is 5.41 Å². The molecule has 1 aliphatic carbocycles. The number of carbonyl (C=O) groups is 2. The van der Waals surface area contributed by atoms with Crippen molar-refractivity contribution in [2.24, 2.45) is 5.41 Å². The van der Waals surface area contributed by atoms with Crippen LogP contribution < -0.4 is 14.8 Å². The van der Waals surface area contributed by atoms with Gasteiger partial charge in [-0.2, -0.15) is 0 Å². The second-order valence-electron chi connectivity index (χ2n) is 8.16. The standard InChI is InChI=1S/C25H28ClNO4/c1-25(2)15-19(23(29)16-9-6-5-7-10-16)17-13-20(30-3)21(31-4)14-18(17)24(25)27-22(28)11-8-12-26/h5-7,9-10,13-15,24H,8,11-12H2,1-4H3,(H,27,28)/t24-/m1/s1. The molecule has 5 nitrogen and oxygen atoms in total. The summed E-state index contributed by atoms with van der Waals surface area (Å²) >= 11 is 5.75. The molecular weight excluding hydrogens is 414 g/mol. The molecule has 164 valence electrons. The van der Waals surface area contributed by atoms with Gasteiger partial charge in [0.05, 0.1) is 20.3 Å². The predicted molar refractivity (Wildman–Crippen MR) is 123 cm³/mol. The minimum Gasteiger partial charge on any atom is -0.493 e. The molecule has 1 aliphatic rings. The van der Waals surface area contributed by atoms with Gasteiger partial charge in [-0.1, -0.05) is 50.3 Å². The zero-order valence-electron chi connectivity index (χ0n) is 18.3. The Bertz CT molecular complexity index is 998. The molecule has 0 saturated heterocycles. The Morgan fingerprint density at radius 1 is 1.06 bits per heavy atom. The fourth-order valence-corrected chi connectivity index (χ4v) is 4.09. The van der Waals surface area contributed by atoms with E-state index in [4.69, 9.17) is 21.1 Å². The van der Waals surface area contributed by atoms with Gasteiger partial charge in [-0.25, -0.2) is 0 Å². The van der Waals surface area contributed by atoms with Crippen molar-refractivity contribution in [1.82, 2.24) is 5.32 Å². The number of carbonyl (C=O) groups excluding carboxylic acids is 2. The molecule has 6 heteroatoms. The molecule has 0 saturated carbocycles. The highest BCUT2D eigenvalue weighted by atomic mass is 35.5. The maximum Gasteiger partial charge on any atom is 0.220 e. The monoisotopic (exact) mass is 441 g/mol. The number of amides is 1. The number of hydrogen-bond donors (Lipinski definition) is 1. The molecule has 31 heavy (non-hydrogen) atoms. The molecule has 0 fully saturated rings. The van der Waals surface area contributed by atoms with Gasteiger partial charge in [0.15, 0.2) is 17.3 Å². The van der Waals surface area contributed by atoms with Crippen LogP contribution in [0.5, 0.6) is 11.5 Å². The zero-order valence-corrected chi connectivity index (χ0v) is 19.1. The molecule has 0 unspecified atom stereocenters. The Morgan fingerprint density at radius 2 is 1.71 bits per heavy atom. The summed E-state index contributed by atoms with van der Waals surface area (Å²) in [6.07, 6.45) is 2.90. The summed E-state index contributed by atoms with van der Waals surface area (Å²) in [5.41, 5.74) is 2.23. The fraction of sp³-hybridized carbons (Fsp3) is 0.360. The molecule has 0 heterocycles. The van der Waals surface area contributed by atoms with Crippen molar-refractivity contribution >= 4 is 28.9 Å². The van der Waals surface area contributed by atoms with Crippen LogP contribution in [-0.2, 0) is 4.79 Å². The number of benzene rings is 2. The van der Waals surface area contributed by atoms with Crippen LogP contribution in [0.4, 0.5) is 0 Å². The van der Waals surface area contributed by atoms with Crippen molar-refractivity contribution in [3.8, 4) is 11.5 Å². The molecule has 2 aromatic carbocycles. The average molecular weight is 442 g/mol. The number of ketones is 1. The van der Waals surface area contributed by atoms with Crippen LogP contribution in [0.3, 0.4) is 0 Å². The van der Waals surface area contributed by atoms with Crippen LogP contribution in [-0.4, -0.2) is 31.8 Å². The maximum absolute atomic E-state index is 13.4. The first kappa shape index (κ1) is 22.9. The van der Waals surface area contributed by atoms with E-state index in [0.717, 1.165) is 11.1 Å². The molecular formula is C25H28ClNO4. The van der Waals surface area contributed by atoms with Gasteiger partial charge < -0.3 is 14.8 Å². The van der Waals surface area contributed by atoms with Gasteiger partial charge in [-0.05, 0) is 29.7 Å². The van der Waals surface area contributed by atoms with Crippen molar-refractivity contribution in [2.45, 2.75) is 32.7 Å². The first-order chi connectivity index (χ1) is 14.8. The summed E-state index contributed by atoms with van der Waals surface area (Å²) in [6.45, 7) is 4.02. The molecule has 2 aromatic rings. The van der Waals surface area contributed by atoms with Gasteiger partial charge >= 0.3 is 0 Å². The zero-order chi connectivity index (χ0) is 22.6. The summed E-state index contributed by atoms with van der Waals surface area (Å²) in [5.74, 6) is 1.35. The van der Waals surface area contributed by atoms with Gasteiger partial charge in [-0.15, -0.1) is 11.6 Å². The van der Waals surface area contributed by atoms with E-state index in [1.165, 1.54) is 0 Å². The Labute approximate surface area is 188 Å². The van der Waals surface area contributed by atoms with Crippen molar-refractivity contribution < 1.29 is 19.1 Å². The minimum atomic E-state index is -0.511. The lowest BCUT2D eigenvalue weighted by Gasteiger charge is -2.39. The van der Waals surface area contributed by atoms with E-state index in [2.05, 4.69) is 5.32 Å². The average Bonchev–Trinajstić information content (AvgIpc) is 2.78. The van der Waals surface area contributed by atoms with Gasteiger partial charge in [-0.3, -0.25) is 9.59 Å². The molecule has 0 bridgehead atoms. The number of halogens is 1. The van der Waals surface area contributed by atoms with Crippen molar-refractivity contribution in [2.75, 3.05) is 20.1 Å². The molecule has 1 N–H and O–H groups in total. The molecule has 0 aromatic heterocycles. The number of methoxy groups -OCH3 is 2. The number of ether oxygens (including phenoxy) is 2. The van der Waals surface area contributed by atoms with E-state index in [-0.39, 0.29) is 17.7 Å². The number of fused-ring (bicyclic) bond motifs is 1. The summed E-state index contributed by atoms with van der Waals surface area (Å²) < 4.78 is 11.0. The molecule has 0 aliphatic heterocycles. The molecule has 0 spiro atoms. The van der Waals surface area contributed by atoms with E-state index in [9.17, 15) is 9.59 Å². The van der Waals surface area contributed by atoms with E-state index >= 15 is 0 Å². The highest BCUT2D eigenvalue weighted by Gasteiger charge is 2.39. The Kier molecular flexibility index (Phi) is 7.06. The van der Waals surface area contributed by atoms with Crippen molar-refractivity contribution in [3.05, 3.63) is 65.2 Å². The summed E-state index contributed by atoms with van der Waals surface area (Å²) in [6, 6.07) is 12.5. The first-order valence-electron chi connectivity index (χ1n) is 10.3. The van der Waals surface area contributed by atoms with Gasteiger partial charge in [0.25, 0.3) is 0 Å². The number of rotatable bonds is 8. The molecule has 1 atom stereocenters. The van der Waals surface area contributed by atoms with Gasteiger partial charge in [0, 0.05) is 28.9 Å². The van der Waals surface area contributed by atoms with Crippen LogP contribution in [0.2, 0.25) is 0 Å². The lowest BCUT2D eigenvalue weighted by atomic mass is 9.70. The van der Waals surface area contributed by atoms with Crippen molar-refractivity contribution in [1.29, 1.82) is 0 Å². The van der Waals surface area contributed by atoms with E-state index in [0.29, 0.717) is 41.4 Å². The predicted octanol–water partition coefficient (Wildman–Crippen LogP) is 5.19. The van der Waals surface area contributed by atoms with E-state index in [1.54, 1.807) is 26.4 Å². The molecule has 0 radical (unpaired) electrons. The fourth-order valence-electron chi connectivity index (χ4n) is 3.96. The highest BCUT2D eigenvalue weighted by molar-refractivity contribution is 6.29. The largest absolute Gasteiger partial charge is 0.493 e. The second kappa shape index (κ2) is 9.56. The van der Waals surface area contributed by atoms with Gasteiger partial charge in [0.2, 0.25) is 5.91 Å². The van der Waals surface area contributed by atoms with Crippen LogP contribution in [0.25, 0.3) is 5.57 Å². The topological polar surface area (TPSA) is 64.6 Å². The van der Waals surface area contributed by atoms with Crippen LogP contribution in [0.1, 0.15) is 54.2 Å². The third kappa shape index (κ3) is 4.77. The number of nitrogens with one attached hydrogen (secondary N) is 1. The normalized spacial score (nSPS) is 16.7. The number of allylic oxidation sites excluding steroid dienone is 1. The van der Waals surface area contributed by atoms with Crippen molar-refractivity contribution in [3.63, 3.8) is 0 Å². The third-order valence-electron chi connectivity index (χ3n) is 5.54. The number of alkyl halides is 1. The number of Topliss-reactive ketones (excluding diaryl/α,β-unsaturated/α-hetero) is 1. The molecule has 1 amide bonds. The minimum absolute atomic E-state index is 0.0749. The smallest absolute Gasteiger partial charge is 0.220 e. The second-order valence-corrected chi connectivity index (χ2v) is 8.54. The van der Waals surface area contributed by atoms with Crippen LogP contribution >= 0.6 is 11.6 Å². The Balaban J connectivity index is 2.14. The first-order valence-corrected chi connectivity index (χ1v) is 10.8. The van der Waals surface area contributed by atoms with E-state index < -0.39 is 5.41 Å². The Hall–Kier alpha value is -2.79. The maximum atomic E-state index is 13.4. The lowest BCUT2D eigenvalue weighted by Crippen LogP contribution is -2.40. The summed E-state index contributed by atoms with van der Waals surface area (Å²) in [7, 11) is 3.13. The third-order valence-corrected chi connectivity index (χ3v) is 5.81.